The van der Waals surface area contributed by atoms with Crippen molar-refractivity contribution in [3.8, 4) is 0 Å². The van der Waals surface area contributed by atoms with Gasteiger partial charge in [-0.25, -0.2) is 4.98 Å². The number of aromatic nitrogens is 1. The molecule has 0 radical (unpaired) electrons. The first-order chi connectivity index (χ1) is 19.8. The van der Waals surface area contributed by atoms with Crippen molar-refractivity contribution < 1.29 is 31.9 Å². The highest BCUT2D eigenvalue weighted by Gasteiger charge is 2.35. The average Bonchev–Trinajstić information content (AvgIpc) is 3.27. The molecular weight excluding hydrogens is 579 g/mol. The molecular formula is C32H40F3N3O4S. The largest absolute Gasteiger partial charge is 0.459 e. The number of carbonyl (C=O) groups is 2. The van der Waals surface area contributed by atoms with E-state index in [-0.39, 0.29) is 30.7 Å². The lowest BCUT2D eigenvalue weighted by Crippen LogP contribution is -2.36. The van der Waals surface area contributed by atoms with E-state index in [0.717, 1.165) is 16.5 Å². The maximum absolute atomic E-state index is 13.8. The number of rotatable bonds is 11. The Hall–Kier alpha value is -3.31. The van der Waals surface area contributed by atoms with Gasteiger partial charge in [0.15, 0.2) is 6.39 Å². The number of aryl methyl sites for hydroxylation is 1. The molecule has 3 aromatic rings. The number of halogens is 3. The van der Waals surface area contributed by atoms with Gasteiger partial charge >= 0.3 is 12.1 Å². The van der Waals surface area contributed by atoms with Crippen molar-refractivity contribution in [2.75, 3.05) is 11.9 Å². The molecule has 0 atom stereocenters. The number of anilines is 1. The first-order valence-corrected chi connectivity index (χ1v) is 14.8. The van der Waals surface area contributed by atoms with Gasteiger partial charge < -0.3 is 14.5 Å². The molecule has 0 saturated heterocycles. The van der Waals surface area contributed by atoms with Crippen molar-refractivity contribution >= 4 is 29.3 Å². The standard InChI is InChI=1S/C32H40F3N3O4S/c1-20(2)23-11-14-26(25(15-23)32(33,34)35)37-28(39)18-38(17-27-21(3)36-19-41-27)16-22-9-12-24(13-10-22)43-31(7,8)29(40)42-30(4,5)6/h9-15,19-20H,16-18H2,1-8H3,(H,37,39). The number of esters is 1. The summed E-state index contributed by atoms with van der Waals surface area (Å²) in [6.07, 6.45) is -3.31. The lowest BCUT2D eigenvalue weighted by molar-refractivity contribution is -0.156. The van der Waals surface area contributed by atoms with Crippen molar-refractivity contribution in [1.29, 1.82) is 0 Å². The van der Waals surface area contributed by atoms with Gasteiger partial charge in [0.05, 0.1) is 30.0 Å². The summed E-state index contributed by atoms with van der Waals surface area (Å²) in [5, 5.41) is 2.46. The molecule has 1 N–H and O–H groups in total. The molecule has 2 aromatic carbocycles. The highest BCUT2D eigenvalue weighted by atomic mass is 32.2. The summed E-state index contributed by atoms with van der Waals surface area (Å²) < 4.78 is 51.7. The molecule has 43 heavy (non-hydrogen) atoms. The van der Waals surface area contributed by atoms with Crippen molar-refractivity contribution in [3.63, 3.8) is 0 Å². The fourth-order valence-electron chi connectivity index (χ4n) is 4.16. The molecule has 0 saturated carbocycles. The number of nitrogens with zero attached hydrogens (tertiary/aromatic N) is 2. The molecule has 1 amide bonds. The normalized spacial score (nSPS) is 12.6. The van der Waals surface area contributed by atoms with Crippen LogP contribution in [0.3, 0.4) is 0 Å². The maximum atomic E-state index is 13.8. The number of alkyl halides is 3. The maximum Gasteiger partial charge on any atom is 0.418 e. The molecule has 3 rings (SSSR count). The van der Waals surface area contributed by atoms with E-state index in [0.29, 0.717) is 23.6 Å². The monoisotopic (exact) mass is 619 g/mol. The SMILES string of the molecule is Cc1ncoc1CN(CC(=O)Nc1ccc(C(C)C)cc1C(F)(F)F)Cc1ccc(SC(C)(C)C(=O)OC(C)(C)C)cc1. The van der Waals surface area contributed by atoms with Crippen molar-refractivity contribution in [2.45, 2.75) is 95.8 Å². The second-order valence-corrected chi connectivity index (χ2v) is 14.0. The van der Waals surface area contributed by atoms with Gasteiger partial charge in [-0.05, 0) is 82.9 Å². The molecule has 234 valence electrons. The van der Waals surface area contributed by atoms with E-state index < -0.39 is 28.0 Å². The Labute approximate surface area is 255 Å². The highest BCUT2D eigenvalue weighted by molar-refractivity contribution is 8.01. The van der Waals surface area contributed by atoms with E-state index in [4.69, 9.17) is 9.15 Å². The minimum absolute atomic E-state index is 0.0975. The van der Waals surface area contributed by atoms with Crippen LogP contribution < -0.4 is 5.32 Å². The molecule has 0 aliphatic rings. The molecule has 0 bridgehead atoms. The number of carbonyl (C=O) groups excluding carboxylic acids is 2. The van der Waals surface area contributed by atoms with Gasteiger partial charge in [0, 0.05) is 11.4 Å². The zero-order valence-electron chi connectivity index (χ0n) is 25.9. The number of ether oxygens (including phenoxy) is 1. The van der Waals surface area contributed by atoms with Crippen LogP contribution in [0.4, 0.5) is 18.9 Å². The molecule has 11 heteroatoms. The number of amides is 1. The lowest BCUT2D eigenvalue weighted by Gasteiger charge is -2.28. The van der Waals surface area contributed by atoms with Gasteiger partial charge in [-0.2, -0.15) is 13.2 Å². The summed E-state index contributed by atoms with van der Waals surface area (Å²) in [6.45, 7) is 14.8. The Balaban J connectivity index is 1.77. The fraction of sp³-hybridized carbons (Fsp3) is 0.469. The van der Waals surface area contributed by atoms with Crippen LogP contribution in [0.1, 0.15) is 82.5 Å². The third-order valence-corrected chi connectivity index (χ3v) is 7.65. The quantitative estimate of drug-likeness (QED) is 0.172. The summed E-state index contributed by atoms with van der Waals surface area (Å²) in [4.78, 5) is 32.5. The molecule has 0 unspecified atom stereocenters. The van der Waals surface area contributed by atoms with Crippen LogP contribution in [-0.4, -0.2) is 38.7 Å². The summed E-state index contributed by atoms with van der Waals surface area (Å²) in [6, 6.07) is 11.5. The van der Waals surface area contributed by atoms with Crippen LogP contribution in [0.2, 0.25) is 0 Å². The molecule has 7 nitrogen and oxygen atoms in total. The molecule has 1 heterocycles. The van der Waals surface area contributed by atoms with Gasteiger partial charge in [0.2, 0.25) is 5.91 Å². The van der Waals surface area contributed by atoms with Crippen molar-refractivity contribution in [2.24, 2.45) is 0 Å². The molecule has 0 aliphatic carbocycles. The van der Waals surface area contributed by atoms with Crippen molar-refractivity contribution in [3.05, 3.63) is 77.0 Å². The topological polar surface area (TPSA) is 84.7 Å². The Kier molecular flexibility index (Phi) is 10.8. The third kappa shape index (κ3) is 10.1. The van der Waals surface area contributed by atoms with Gasteiger partial charge in [0.25, 0.3) is 0 Å². The van der Waals surface area contributed by atoms with Crippen LogP contribution in [0.15, 0.2) is 58.2 Å². The predicted octanol–water partition coefficient (Wildman–Crippen LogP) is 7.98. The predicted molar refractivity (Wildman–Crippen MR) is 162 cm³/mol. The smallest absolute Gasteiger partial charge is 0.418 e. The van der Waals surface area contributed by atoms with E-state index in [9.17, 15) is 22.8 Å². The summed E-state index contributed by atoms with van der Waals surface area (Å²) in [5.41, 5.74) is 0.289. The second-order valence-electron chi connectivity index (χ2n) is 12.3. The minimum atomic E-state index is -4.62. The van der Waals surface area contributed by atoms with Gasteiger partial charge in [0.1, 0.15) is 16.1 Å². The van der Waals surface area contributed by atoms with E-state index in [1.54, 1.807) is 31.7 Å². The van der Waals surface area contributed by atoms with Gasteiger partial charge in [-0.1, -0.05) is 32.0 Å². The number of hydrogen-bond acceptors (Lipinski definition) is 7. The van der Waals surface area contributed by atoms with Crippen molar-refractivity contribution in [1.82, 2.24) is 9.88 Å². The third-order valence-electron chi connectivity index (χ3n) is 6.46. The van der Waals surface area contributed by atoms with Crippen LogP contribution >= 0.6 is 11.8 Å². The number of thioether (sulfide) groups is 1. The summed E-state index contributed by atoms with van der Waals surface area (Å²) in [7, 11) is 0. The number of benzene rings is 2. The minimum Gasteiger partial charge on any atom is -0.459 e. The van der Waals surface area contributed by atoms with Gasteiger partial charge in [-0.15, -0.1) is 11.8 Å². The fourth-order valence-corrected chi connectivity index (χ4v) is 5.15. The molecule has 0 aliphatic heterocycles. The summed E-state index contributed by atoms with van der Waals surface area (Å²) >= 11 is 1.38. The van der Waals surface area contributed by atoms with Crippen LogP contribution in [0.25, 0.3) is 0 Å². The van der Waals surface area contributed by atoms with E-state index >= 15 is 0 Å². The van der Waals surface area contributed by atoms with E-state index in [1.807, 2.05) is 58.9 Å². The van der Waals surface area contributed by atoms with E-state index in [1.165, 1.54) is 24.2 Å². The van der Waals surface area contributed by atoms with Gasteiger partial charge in [-0.3, -0.25) is 14.5 Å². The average molecular weight is 620 g/mol. The number of oxazole rings is 1. The molecule has 0 fully saturated rings. The Morgan fingerprint density at radius 2 is 1.67 bits per heavy atom. The summed E-state index contributed by atoms with van der Waals surface area (Å²) in [5.74, 6) is -0.455. The van der Waals surface area contributed by atoms with Crippen LogP contribution in [0, 0.1) is 6.92 Å². The lowest BCUT2D eigenvalue weighted by atomic mass is 9.99. The number of nitrogens with one attached hydrogen (secondary N) is 1. The van der Waals surface area contributed by atoms with E-state index in [2.05, 4.69) is 10.3 Å². The highest BCUT2D eigenvalue weighted by Crippen LogP contribution is 2.37. The Morgan fingerprint density at radius 3 is 2.21 bits per heavy atom. The molecule has 0 spiro atoms. The number of hydrogen-bond donors (Lipinski definition) is 1. The first-order valence-electron chi connectivity index (χ1n) is 14.0. The Bertz CT molecular complexity index is 1410. The second kappa shape index (κ2) is 13.5. The van der Waals surface area contributed by atoms with Crippen LogP contribution in [-0.2, 0) is 33.6 Å². The molecule has 1 aromatic heterocycles. The zero-order valence-corrected chi connectivity index (χ0v) is 26.7. The zero-order chi connectivity index (χ0) is 32.2. The first kappa shape index (κ1) is 34.2. The Morgan fingerprint density at radius 1 is 1.02 bits per heavy atom. The van der Waals surface area contributed by atoms with Crippen LogP contribution in [0.5, 0.6) is 0 Å².